The number of likely N-dealkylation sites (N-methyl/N-ethyl adjacent to an activating group) is 1. The molecule has 0 radical (unpaired) electrons. The van der Waals surface area contributed by atoms with Gasteiger partial charge in [0.2, 0.25) is 0 Å². The van der Waals surface area contributed by atoms with Crippen molar-refractivity contribution in [1.82, 2.24) is 10.2 Å². The van der Waals surface area contributed by atoms with Crippen LogP contribution < -0.4 is 5.32 Å². The van der Waals surface area contributed by atoms with Crippen molar-refractivity contribution in [2.75, 3.05) is 7.05 Å². The Morgan fingerprint density at radius 1 is 0.850 bits per heavy atom. The lowest BCUT2D eigenvalue weighted by Gasteiger charge is -2.33. The van der Waals surface area contributed by atoms with Crippen LogP contribution in [0.25, 0.3) is 0 Å². The van der Waals surface area contributed by atoms with E-state index in [-0.39, 0.29) is 11.9 Å². The standard InChI is InChI=1S/C16H14N2O2/c1-18-15(20)17-14(19)16(18,12-8-4-2-5-9-12)13-10-6-3-7-11-13/h2-11H,1H3,(H,17,19,20). The van der Waals surface area contributed by atoms with E-state index in [1.807, 2.05) is 60.7 Å². The molecule has 0 atom stereocenters. The van der Waals surface area contributed by atoms with Gasteiger partial charge in [-0.2, -0.15) is 0 Å². The number of rotatable bonds is 2. The lowest BCUT2D eigenvalue weighted by Crippen LogP contribution is -2.45. The van der Waals surface area contributed by atoms with Gasteiger partial charge in [0.1, 0.15) is 0 Å². The Labute approximate surface area is 117 Å². The monoisotopic (exact) mass is 266 g/mol. The fraction of sp³-hybridized carbons (Fsp3) is 0.125. The molecule has 0 aliphatic carbocycles. The van der Waals surface area contributed by atoms with E-state index in [9.17, 15) is 9.59 Å². The van der Waals surface area contributed by atoms with E-state index in [2.05, 4.69) is 5.32 Å². The number of carbonyl (C=O) groups is 2. The van der Waals surface area contributed by atoms with E-state index in [1.165, 1.54) is 4.90 Å². The van der Waals surface area contributed by atoms with Gasteiger partial charge in [0.25, 0.3) is 5.91 Å². The average Bonchev–Trinajstić information content (AvgIpc) is 2.72. The average molecular weight is 266 g/mol. The van der Waals surface area contributed by atoms with Crippen LogP contribution in [0.5, 0.6) is 0 Å². The Hall–Kier alpha value is -2.62. The lowest BCUT2D eigenvalue weighted by molar-refractivity contribution is -0.124. The van der Waals surface area contributed by atoms with Crippen molar-refractivity contribution in [3.63, 3.8) is 0 Å². The third kappa shape index (κ3) is 1.54. The highest BCUT2D eigenvalue weighted by Crippen LogP contribution is 2.38. The van der Waals surface area contributed by atoms with E-state index in [0.717, 1.165) is 11.1 Å². The number of urea groups is 1. The van der Waals surface area contributed by atoms with E-state index in [0.29, 0.717) is 0 Å². The van der Waals surface area contributed by atoms with Crippen LogP contribution in [0.3, 0.4) is 0 Å². The van der Waals surface area contributed by atoms with Gasteiger partial charge in [-0.15, -0.1) is 0 Å². The van der Waals surface area contributed by atoms with E-state index >= 15 is 0 Å². The van der Waals surface area contributed by atoms with Gasteiger partial charge in [-0.3, -0.25) is 10.1 Å². The molecule has 0 spiro atoms. The second-order valence-electron chi connectivity index (χ2n) is 4.76. The van der Waals surface area contributed by atoms with Crippen molar-refractivity contribution in [1.29, 1.82) is 0 Å². The molecule has 1 aliphatic heterocycles. The first-order chi connectivity index (χ1) is 9.67. The quantitative estimate of drug-likeness (QED) is 0.846. The highest BCUT2D eigenvalue weighted by molar-refractivity contribution is 6.09. The van der Waals surface area contributed by atoms with Gasteiger partial charge in [-0.1, -0.05) is 60.7 Å². The summed E-state index contributed by atoms with van der Waals surface area (Å²) in [7, 11) is 1.64. The van der Waals surface area contributed by atoms with Gasteiger partial charge in [0.15, 0.2) is 5.54 Å². The minimum absolute atomic E-state index is 0.317. The number of hydrogen-bond donors (Lipinski definition) is 1. The smallest absolute Gasteiger partial charge is 0.305 e. The maximum absolute atomic E-state index is 12.5. The Morgan fingerprint density at radius 2 is 1.30 bits per heavy atom. The molecule has 1 saturated heterocycles. The Kier molecular flexibility index (Phi) is 2.79. The minimum Gasteiger partial charge on any atom is -0.305 e. The van der Waals surface area contributed by atoms with Crippen LogP contribution in [0.1, 0.15) is 11.1 Å². The van der Waals surface area contributed by atoms with Gasteiger partial charge in [-0.25, -0.2) is 4.79 Å². The topological polar surface area (TPSA) is 49.4 Å². The van der Waals surface area contributed by atoms with Crippen molar-refractivity contribution < 1.29 is 9.59 Å². The number of nitrogens with one attached hydrogen (secondary N) is 1. The molecule has 100 valence electrons. The molecule has 1 N–H and O–H groups in total. The molecule has 3 rings (SSSR count). The summed E-state index contributed by atoms with van der Waals surface area (Å²) in [4.78, 5) is 25.9. The number of carbonyl (C=O) groups excluding carboxylic acids is 2. The number of imide groups is 1. The molecule has 0 bridgehead atoms. The van der Waals surface area contributed by atoms with Gasteiger partial charge < -0.3 is 4.90 Å². The van der Waals surface area contributed by atoms with Gasteiger partial charge in [0, 0.05) is 7.05 Å². The summed E-state index contributed by atoms with van der Waals surface area (Å²) in [5.74, 6) is -0.317. The predicted octanol–water partition coefficient (Wildman–Crippen LogP) is 2.11. The number of nitrogens with zero attached hydrogens (tertiary/aromatic N) is 1. The Balaban J connectivity index is 2.30. The number of amides is 3. The summed E-state index contributed by atoms with van der Waals surface area (Å²) in [6.45, 7) is 0. The molecule has 4 nitrogen and oxygen atoms in total. The molecule has 3 amide bonds. The first-order valence-corrected chi connectivity index (χ1v) is 6.37. The largest absolute Gasteiger partial charge is 0.325 e. The molecule has 0 unspecified atom stereocenters. The molecule has 2 aromatic rings. The van der Waals surface area contributed by atoms with Crippen molar-refractivity contribution in [2.45, 2.75) is 5.54 Å². The molecule has 0 aromatic heterocycles. The zero-order valence-electron chi connectivity index (χ0n) is 11.0. The van der Waals surface area contributed by atoms with Crippen LogP contribution in [0.2, 0.25) is 0 Å². The minimum atomic E-state index is -1.10. The van der Waals surface area contributed by atoms with Gasteiger partial charge >= 0.3 is 6.03 Å². The van der Waals surface area contributed by atoms with Crippen LogP contribution in [0.4, 0.5) is 4.79 Å². The maximum Gasteiger partial charge on any atom is 0.325 e. The van der Waals surface area contributed by atoms with Crippen molar-refractivity contribution in [3.8, 4) is 0 Å². The van der Waals surface area contributed by atoms with E-state index in [4.69, 9.17) is 0 Å². The zero-order chi connectivity index (χ0) is 14.2. The normalized spacial score (nSPS) is 17.1. The molecule has 1 fully saturated rings. The number of benzene rings is 2. The van der Waals surface area contributed by atoms with Crippen LogP contribution in [-0.2, 0) is 10.3 Å². The van der Waals surface area contributed by atoms with Gasteiger partial charge in [-0.05, 0) is 11.1 Å². The summed E-state index contributed by atoms with van der Waals surface area (Å²) < 4.78 is 0. The highest BCUT2D eigenvalue weighted by Gasteiger charge is 2.53. The molecule has 0 saturated carbocycles. The van der Waals surface area contributed by atoms with E-state index in [1.54, 1.807) is 7.05 Å². The Bertz CT molecular complexity index is 613. The fourth-order valence-electron chi connectivity index (χ4n) is 2.75. The predicted molar refractivity (Wildman–Crippen MR) is 75.0 cm³/mol. The first-order valence-electron chi connectivity index (χ1n) is 6.37. The van der Waals surface area contributed by atoms with E-state index < -0.39 is 5.54 Å². The fourth-order valence-corrected chi connectivity index (χ4v) is 2.75. The zero-order valence-corrected chi connectivity index (χ0v) is 11.0. The molecule has 1 aliphatic rings. The first kappa shape index (κ1) is 12.4. The molecule has 1 heterocycles. The second-order valence-corrected chi connectivity index (χ2v) is 4.76. The number of hydrogen-bond acceptors (Lipinski definition) is 2. The van der Waals surface area contributed by atoms with Crippen molar-refractivity contribution in [2.24, 2.45) is 0 Å². The maximum atomic E-state index is 12.5. The highest BCUT2D eigenvalue weighted by atomic mass is 16.2. The van der Waals surface area contributed by atoms with Crippen LogP contribution >= 0.6 is 0 Å². The van der Waals surface area contributed by atoms with Crippen LogP contribution in [0, 0.1) is 0 Å². The lowest BCUT2D eigenvalue weighted by atomic mass is 9.82. The molecular weight excluding hydrogens is 252 g/mol. The molecule has 20 heavy (non-hydrogen) atoms. The molecule has 4 heteroatoms. The molecular formula is C16H14N2O2. The summed E-state index contributed by atoms with van der Waals surface area (Å²) in [5.41, 5.74) is 0.452. The van der Waals surface area contributed by atoms with Crippen LogP contribution in [0.15, 0.2) is 60.7 Å². The SMILES string of the molecule is CN1C(=O)NC(=O)C1(c1ccccc1)c1ccccc1. The summed E-state index contributed by atoms with van der Waals surface area (Å²) in [6, 6.07) is 18.3. The second kappa shape index (κ2) is 4.49. The third-order valence-electron chi connectivity index (χ3n) is 3.74. The van der Waals surface area contributed by atoms with Crippen molar-refractivity contribution in [3.05, 3.63) is 71.8 Å². The Morgan fingerprint density at radius 3 is 1.65 bits per heavy atom. The summed E-state index contributed by atoms with van der Waals surface area (Å²) in [5, 5.41) is 2.40. The van der Waals surface area contributed by atoms with Crippen molar-refractivity contribution >= 4 is 11.9 Å². The molecule has 2 aromatic carbocycles. The van der Waals surface area contributed by atoms with Gasteiger partial charge in [0.05, 0.1) is 0 Å². The summed E-state index contributed by atoms with van der Waals surface area (Å²) >= 11 is 0. The summed E-state index contributed by atoms with van der Waals surface area (Å²) in [6.07, 6.45) is 0. The van der Waals surface area contributed by atoms with Crippen LogP contribution in [-0.4, -0.2) is 23.9 Å². The third-order valence-corrected chi connectivity index (χ3v) is 3.74.